The third-order valence-electron chi connectivity index (χ3n) is 3.58. The lowest BCUT2D eigenvalue weighted by Crippen LogP contribution is -1.87. The van der Waals surface area contributed by atoms with Crippen molar-refractivity contribution in [2.45, 2.75) is 6.92 Å². The molecule has 0 amide bonds. The number of ether oxygens (including phenoxy) is 2. The molecule has 0 bridgehead atoms. The summed E-state index contributed by atoms with van der Waals surface area (Å²) in [6.07, 6.45) is 0. The minimum atomic E-state index is 0.777. The van der Waals surface area contributed by atoms with Gasteiger partial charge in [-0.05, 0) is 48.9 Å². The first-order valence-corrected chi connectivity index (χ1v) is 6.98. The van der Waals surface area contributed by atoms with Crippen LogP contribution in [0, 0.1) is 6.92 Å². The van der Waals surface area contributed by atoms with E-state index in [1.54, 1.807) is 14.2 Å². The molecule has 0 aliphatic rings. The van der Waals surface area contributed by atoms with Gasteiger partial charge in [-0.3, -0.25) is 0 Å². The van der Waals surface area contributed by atoms with Gasteiger partial charge >= 0.3 is 0 Å². The Hall–Kier alpha value is -2.75. The van der Waals surface area contributed by atoms with E-state index >= 15 is 0 Å². The summed E-state index contributed by atoms with van der Waals surface area (Å²) in [5.74, 6) is 2.39. The van der Waals surface area contributed by atoms with Gasteiger partial charge in [0.15, 0.2) is 0 Å². The van der Waals surface area contributed by atoms with Crippen molar-refractivity contribution in [1.82, 2.24) is 5.16 Å². The van der Waals surface area contributed by atoms with E-state index in [1.165, 1.54) is 0 Å². The molecule has 2 aromatic carbocycles. The monoisotopic (exact) mass is 295 g/mol. The Bertz CT molecular complexity index is 775. The minimum Gasteiger partial charge on any atom is -0.497 e. The fraction of sp³-hybridized carbons (Fsp3) is 0.167. The molecule has 3 rings (SSSR count). The van der Waals surface area contributed by atoms with E-state index < -0.39 is 0 Å². The Labute approximate surface area is 129 Å². The summed E-state index contributed by atoms with van der Waals surface area (Å²) in [4.78, 5) is 0. The average molecular weight is 295 g/mol. The standard InChI is InChI=1S/C18H17NO3/c1-12-17(14-5-4-6-16(11-14)21-3)18(19-22-12)13-7-9-15(20-2)10-8-13/h4-11H,1-3H3. The van der Waals surface area contributed by atoms with E-state index in [-0.39, 0.29) is 0 Å². The number of aryl methyl sites for hydroxylation is 1. The van der Waals surface area contributed by atoms with Gasteiger partial charge in [0.25, 0.3) is 0 Å². The Morgan fingerprint density at radius 1 is 0.864 bits per heavy atom. The normalized spacial score (nSPS) is 10.5. The Kier molecular flexibility index (Phi) is 3.83. The Balaban J connectivity index is 2.10. The maximum absolute atomic E-state index is 5.41. The summed E-state index contributed by atoms with van der Waals surface area (Å²) in [5, 5.41) is 4.22. The van der Waals surface area contributed by atoms with Gasteiger partial charge in [-0.2, -0.15) is 0 Å². The van der Waals surface area contributed by atoms with E-state index in [4.69, 9.17) is 14.0 Å². The molecule has 0 fully saturated rings. The van der Waals surface area contributed by atoms with Crippen molar-refractivity contribution < 1.29 is 14.0 Å². The molecule has 22 heavy (non-hydrogen) atoms. The molecule has 0 radical (unpaired) electrons. The zero-order chi connectivity index (χ0) is 15.5. The van der Waals surface area contributed by atoms with E-state index in [0.29, 0.717) is 0 Å². The molecule has 0 aliphatic carbocycles. The third kappa shape index (κ3) is 2.55. The maximum Gasteiger partial charge on any atom is 0.142 e. The smallest absolute Gasteiger partial charge is 0.142 e. The molecule has 4 nitrogen and oxygen atoms in total. The molecule has 3 aromatic rings. The molecule has 0 N–H and O–H groups in total. The summed E-state index contributed by atoms with van der Waals surface area (Å²) >= 11 is 0. The number of hydrogen-bond donors (Lipinski definition) is 0. The highest BCUT2D eigenvalue weighted by Gasteiger charge is 2.17. The minimum absolute atomic E-state index is 0.777. The highest BCUT2D eigenvalue weighted by atomic mass is 16.5. The van der Waals surface area contributed by atoms with Crippen molar-refractivity contribution in [2.75, 3.05) is 14.2 Å². The van der Waals surface area contributed by atoms with Crippen LogP contribution in [-0.4, -0.2) is 19.4 Å². The summed E-state index contributed by atoms with van der Waals surface area (Å²) < 4.78 is 15.9. The first-order chi connectivity index (χ1) is 10.7. The highest BCUT2D eigenvalue weighted by molar-refractivity contribution is 5.82. The third-order valence-corrected chi connectivity index (χ3v) is 3.58. The molecule has 0 aliphatic heterocycles. The van der Waals surface area contributed by atoms with Crippen LogP contribution < -0.4 is 9.47 Å². The van der Waals surface area contributed by atoms with Gasteiger partial charge in [-0.1, -0.05) is 17.3 Å². The summed E-state index contributed by atoms with van der Waals surface area (Å²) in [6.45, 7) is 1.91. The van der Waals surface area contributed by atoms with Crippen LogP contribution >= 0.6 is 0 Å². The van der Waals surface area contributed by atoms with Crippen LogP contribution in [0.2, 0.25) is 0 Å². The molecule has 1 heterocycles. The number of hydrogen-bond acceptors (Lipinski definition) is 4. The summed E-state index contributed by atoms with van der Waals surface area (Å²) in [5.41, 5.74) is 3.79. The van der Waals surface area contributed by atoms with Gasteiger partial charge in [0.05, 0.1) is 19.8 Å². The lowest BCUT2D eigenvalue weighted by atomic mass is 9.99. The fourth-order valence-electron chi connectivity index (χ4n) is 2.44. The second-order valence-corrected chi connectivity index (χ2v) is 4.92. The van der Waals surface area contributed by atoms with Crippen molar-refractivity contribution >= 4 is 0 Å². The highest BCUT2D eigenvalue weighted by Crippen LogP contribution is 2.36. The van der Waals surface area contributed by atoms with Crippen molar-refractivity contribution in [3.05, 3.63) is 54.3 Å². The lowest BCUT2D eigenvalue weighted by Gasteiger charge is -2.06. The van der Waals surface area contributed by atoms with Crippen molar-refractivity contribution in [1.29, 1.82) is 0 Å². The van der Waals surface area contributed by atoms with Crippen LogP contribution in [-0.2, 0) is 0 Å². The number of nitrogens with zero attached hydrogens (tertiary/aromatic N) is 1. The zero-order valence-corrected chi connectivity index (χ0v) is 12.8. The molecule has 4 heteroatoms. The molecule has 0 saturated heterocycles. The molecule has 0 saturated carbocycles. The topological polar surface area (TPSA) is 44.5 Å². The molecule has 0 atom stereocenters. The van der Waals surface area contributed by atoms with Gasteiger partial charge in [-0.25, -0.2) is 0 Å². The zero-order valence-electron chi connectivity index (χ0n) is 12.8. The molecule has 112 valence electrons. The molecule has 0 spiro atoms. The van der Waals surface area contributed by atoms with E-state index in [1.807, 2.05) is 55.5 Å². The summed E-state index contributed by atoms with van der Waals surface area (Å²) in [6, 6.07) is 15.6. The fourth-order valence-corrected chi connectivity index (χ4v) is 2.44. The predicted octanol–water partition coefficient (Wildman–Crippen LogP) is 4.33. The second kappa shape index (κ2) is 5.93. The Morgan fingerprint density at radius 2 is 1.59 bits per heavy atom. The molecular weight excluding hydrogens is 278 g/mol. The maximum atomic E-state index is 5.41. The van der Waals surface area contributed by atoms with Crippen LogP contribution in [0.15, 0.2) is 53.1 Å². The van der Waals surface area contributed by atoms with Gasteiger partial charge in [0, 0.05) is 5.56 Å². The largest absolute Gasteiger partial charge is 0.497 e. The van der Waals surface area contributed by atoms with Gasteiger partial charge in [0.1, 0.15) is 23.0 Å². The Morgan fingerprint density at radius 3 is 2.27 bits per heavy atom. The van der Waals surface area contributed by atoms with Crippen LogP contribution in [0.4, 0.5) is 0 Å². The average Bonchev–Trinajstić information content (AvgIpc) is 2.96. The first kappa shape index (κ1) is 14.2. The number of aromatic nitrogens is 1. The predicted molar refractivity (Wildman–Crippen MR) is 85.2 cm³/mol. The molecule has 1 aromatic heterocycles. The van der Waals surface area contributed by atoms with Crippen molar-refractivity contribution in [2.24, 2.45) is 0 Å². The molecule has 0 unspecified atom stereocenters. The van der Waals surface area contributed by atoms with E-state index in [0.717, 1.165) is 39.6 Å². The summed E-state index contributed by atoms with van der Waals surface area (Å²) in [7, 11) is 3.31. The van der Waals surface area contributed by atoms with E-state index in [2.05, 4.69) is 5.16 Å². The lowest BCUT2D eigenvalue weighted by molar-refractivity contribution is 0.400. The van der Waals surface area contributed by atoms with Crippen LogP contribution in [0.3, 0.4) is 0 Å². The van der Waals surface area contributed by atoms with Crippen molar-refractivity contribution in [3.63, 3.8) is 0 Å². The van der Waals surface area contributed by atoms with Crippen molar-refractivity contribution in [3.8, 4) is 33.9 Å². The quantitative estimate of drug-likeness (QED) is 0.718. The SMILES string of the molecule is COc1ccc(-c2noc(C)c2-c2cccc(OC)c2)cc1. The van der Waals surface area contributed by atoms with Crippen LogP contribution in [0.25, 0.3) is 22.4 Å². The van der Waals surface area contributed by atoms with Crippen LogP contribution in [0.1, 0.15) is 5.76 Å². The molecular formula is C18H17NO3. The van der Waals surface area contributed by atoms with Crippen LogP contribution in [0.5, 0.6) is 11.5 Å². The van der Waals surface area contributed by atoms with Gasteiger partial charge < -0.3 is 14.0 Å². The number of benzene rings is 2. The van der Waals surface area contributed by atoms with E-state index in [9.17, 15) is 0 Å². The number of rotatable bonds is 4. The second-order valence-electron chi connectivity index (χ2n) is 4.92. The number of methoxy groups -OCH3 is 2. The van der Waals surface area contributed by atoms with Gasteiger partial charge in [0.2, 0.25) is 0 Å². The first-order valence-electron chi connectivity index (χ1n) is 6.98. The van der Waals surface area contributed by atoms with Gasteiger partial charge in [-0.15, -0.1) is 0 Å².